The first-order valence-corrected chi connectivity index (χ1v) is 11.3. The molecule has 3 heterocycles. The summed E-state index contributed by atoms with van der Waals surface area (Å²) in [6, 6.07) is 15.1. The van der Waals surface area contributed by atoms with Gasteiger partial charge in [-0.2, -0.15) is 0 Å². The SMILES string of the molecule is O=C(CC1CC2(CCN(Cc3ccccn3)CC2)c2ccccc21)N1CCOCC1. The number of ether oxygens (including phenoxy) is 1. The van der Waals surface area contributed by atoms with Gasteiger partial charge in [-0.3, -0.25) is 14.7 Å². The van der Waals surface area contributed by atoms with Gasteiger partial charge in [0.2, 0.25) is 5.91 Å². The van der Waals surface area contributed by atoms with Gasteiger partial charge in [0.1, 0.15) is 0 Å². The highest BCUT2D eigenvalue weighted by atomic mass is 16.5. The lowest BCUT2D eigenvalue weighted by Gasteiger charge is -2.40. The highest BCUT2D eigenvalue weighted by Crippen LogP contribution is 2.52. The van der Waals surface area contributed by atoms with Crippen LogP contribution in [0.3, 0.4) is 0 Å². The fraction of sp³-hybridized carbons (Fsp3) is 0.520. The molecule has 1 atom stereocenters. The Labute approximate surface area is 179 Å². The zero-order valence-corrected chi connectivity index (χ0v) is 17.6. The molecule has 1 unspecified atom stereocenters. The first kappa shape index (κ1) is 19.7. The molecule has 0 bridgehead atoms. The molecule has 30 heavy (non-hydrogen) atoms. The van der Waals surface area contributed by atoms with Crippen LogP contribution in [0.1, 0.15) is 48.4 Å². The number of aromatic nitrogens is 1. The van der Waals surface area contributed by atoms with Gasteiger partial charge in [0.25, 0.3) is 0 Å². The number of pyridine rings is 1. The number of fused-ring (bicyclic) bond motifs is 2. The van der Waals surface area contributed by atoms with Crippen LogP contribution in [0, 0.1) is 0 Å². The van der Waals surface area contributed by atoms with E-state index in [-0.39, 0.29) is 5.41 Å². The molecule has 1 aliphatic carbocycles. The fourth-order valence-electron chi connectivity index (χ4n) is 5.70. The Morgan fingerprint density at radius 2 is 1.80 bits per heavy atom. The van der Waals surface area contributed by atoms with E-state index in [1.807, 2.05) is 17.2 Å². The van der Waals surface area contributed by atoms with E-state index in [0.29, 0.717) is 31.5 Å². The van der Waals surface area contributed by atoms with E-state index < -0.39 is 0 Å². The standard InChI is InChI=1S/C25H31N3O2/c29-24(28-13-15-30-16-14-28)17-20-18-25(23-7-2-1-6-22(20)23)8-11-27(12-9-25)19-21-5-3-4-10-26-21/h1-7,10,20H,8-9,11-19H2. The van der Waals surface area contributed by atoms with Crippen molar-refractivity contribution in [2.45, 2.75) is 43.6 Å². The van der Waals surface area contributed by atoms with E-state index in [0.717, 1.165) is 44.8 Å². The quantitative estimate of drug-likeness (QED) is 0.783. The summed E-state index contributed by atoms with van der Waals surface area (Å²) in [6.45, 7) is 5.93. The second kappa shape index (κ2) is 8.48. The number of benzene rings is 1. The zero-order valence-electron chi connectivity index (χ0n) is 17.6. The van der Waals surface area contributed by atoms with Gasteiger partial charge < -0.3 is 9.64 Å². The monoisotopic (exact) mass is 405 g/mol. The van der Waals surface area contributed by atoms with E-state index in [9.17, 15) is 4.79 Å². The van der Waals surface area contributed by atoms with Crippen molar-refractivity contribution in [3.8, 4) is 0 Å². The van der Waals surface area contributed by atoms with Crippen molar-refractivity contribution in [3.63, 3.8) is 0 Å². The lowest BCUT2D eigenvalue weighted by atomic mass is 9.73. The minimum atomic E-state index is 0.229. The third-order valence-electron chi connectivity index (χ3n) is 7.32. The van der Waals surface area contributed by atoms with Gasteiger partial charge in [-0.05, 0) is 66.9 Å². The minimum Gasteiger partial charge on any atom is -0.378 e. The predicted molar refractivity (Wildman–Crippen MR) is 116 cm³/mol. The van der Waals surface area contributed by atoms with Crippen LogP contribution < -0.4 is 0 Å². The number of piperidine rings is 1. The van der Waals surface area contributed by atoms with Crippen LogP contribution in [0.4, 0.5) is 0 Å². The van der Waals surface area contributed by atoms with E-state index in [1.54, 1.807) is 0 Å². The minimum absolute atomic E-state index is 0.229. The van der Waals surface area contributed by atoms with Gasteiger partial charge in [-0.15, -0.1) is 0 Å². The molecule has 2 fully saturated rings. The maximum atomic E-state index is 12.9. The second-order valence-corrected chi connectivity index (χ2v) is 9.06. The molecule has 5 rings (SSSR count). The number of morpholine rings is 1. The highest BCUT2D eigenvalue weighted by molar-refractivity contribution is 5.77. The summed E-state index contributed by atoms with van der Waals surface area (Å²) in [4.78, 5) is 22.0. The van der Waals surface area contributed by atoms with E-state index in [2.05, 4.69) is 46.3 Å². The largest absolute Gasteiger partial charge is 0.378 e. The summed E-state index contributed by atoms with van der Waals surface area (Å²) in [5.41, 5.74) is 4.29. The average Bonchev–Trinajstić information content (AvgIpc) is 3.10. The molecule has 0 saturated carbocycles. The van der Waals surface area contributed by atoms with E-state index in [4.69, 9.17) is 4.74 Å². The number of carbonyl (C=O) groups is 1. The van der Waals surface area contributed by atoms with Crippen LogP contribution in [-0.4, -0.2) is 60.1 Å². The summed E-state index contributed by atoms with van der Waals surface area (Å²) in [6.07, 6.45) is 5.96. The molecule has 3 aliphatic rings. The van der Waals surface area contributed by atoms with Gasteiger partial charge in [-0.1, -0.05) is 30.3 Å². The lowest BCUT2D eigenvalue weighted by molar-refractivity contribution is -0.135. The Bertz CT molecular complexity index is 871. The van der Waals surface area contributed by atoms with E-state index in [1.165, 1.54) is 24.0 Å². The van der Waals surface area contributed by atoms with Crippen LogP contribution in [0.5, 0.6) is 0 Å². The van der Waals surface area contributed by atoms with Gasteiger partial charge in [-0.25, -0.2) is 0 Å². The number of nitrogens with zero attached hydrogens (tertiary/aromatic N) is 3. The molecular formula is C25H31N3O2. The molecule has 2 saturated heterocycles. The number of carbonyl (C=O) groups excluding carboxylic acids is 1. The van der Waals surface area contributed by atoms with Crippen LogP contribution in [0.15, 0.2) is 48.7 Å². The molecule has 2 aliphatic heterocycles. The van der Waals surface area contributed by atoms with E-state index >= 15 is 0 Å². The van der Waals surface area contributed by atoms with Crippen molar-refractivity contribution < 1.29 is 9.53 Å². The summed E-state index contributed by atoms with van der Waals surface area (Å²) in [7, 11) is 0. The molecule has 2 aromatic rings. The van der Waals surface area contributed by atoms with Crippen molar-refractivity contribution in [2.24, 2.45) is 0 Å². The third kappa shape index (κ3) is 3.88. The summed E-state index contributed by atoms with van der Waals surface area (Å²) < 4.78 is 5.42. The number of rotatable bonds is 4. The first-order valence-electron chi connectivity index (χ1n) is 11.3. The van der Waals surface area contributed by atoms with Crippen molar-refractivity contribution in [1.82, 2.24) is 14.8 Å². The van der Waals surface area contributed by atoms with Gasteiger partial charge in [0.05, 0.1) is 18.9 Å². The van der Waals surface area contributed by atoms with Crippen molar-refractivity contribution in [3.05, 3.63) is 65.5 Å². The number of likely N-dealkylation sites (tertiary alicyclic amines) is 1. The average molecular weight is 406 g/mol. The molecule has 1 aromatic carbocycles. The third-order valence-corrected chi connectivity index (χ3v) is 7.32. The van der Waals surface area contributed by atoms with Crippen molar-refractivity contribution in [1.29, 1.82) is 0 Å². The Balaban J connectivity index is 1.28. The highest BCUT2D eigenvalue weighted by Gasteiger charge is 2.45. The maximum Gasteiger partial charge on any atom is 0.223 e. The number of amides is 1. The van der Waals surface area contributed by atoms with Crippen molar-refractivity contribution in [2.75, 3.05) is 39.4 Å². The lowest BCUT2D eigenvalue weighted by Crippen LogP contribution is -2.42. The Morgan fingerprint density at radius 1 is 1.03 bits per heavy atom. The second-order valence-electron chi connectivity index (χ2n) is 9.06. The molecule has 5 heteroatoms. The fourth-order valence-corrected chi connectivity index (χ4v) is 5.70. The molecule has 1 spiro atoms. The Morgan fingerprint density at radius 3 is 2.57 bits per heavy atom. The smallest absolute Gasteiger partial charge is 0.223 e. The summed E-state index contributed by atoms with van der Waals surface area (Å²) in [5.74, 6) is 0.640. The van der Waals surface area contributed by atoms with Gasteiger partial charge in [0, 0.05) is 32.3 Å². The molecule has 158 valence electrons. The summed E-state index contributed by atoms with van der Waals surface area (Å²) >= 11 is 0. The molecule has 0 radical (unpaired) electrons. The first-order chi connectivity index (χ1) is 14.7. The normalized spacial score (nSPS) is 23.5. The Kier molecular flexibility index (Phi) is 5.57. The zero-order chi connectivity index (χ0) is 20.4. The van der Waals surface area contributed by atoms with Gasteiger partial charge >= 0.3 is 0 Å². The van der Waals surface area contributed by atoms with Crippen LogP contribution in [0.2, 0.25) is 0 Å². The number of hydrogen-bond donors (Lipinski definition) is 0. The van der Waals surface area contributed by atoms with Crippen molar-refractivity contribution >= 4 is 5.91 Å². The topological polar surface area (TPSA) is 45.7 Å². The van der Waals surface area contributed by atoms with Crippen LogP contribution in [-0.2, 0) is 21.5 Å². The van der Waals surface area contributed by atoms with Crippen LogP contribution in [0.25, 0.3) is 0 Å². The van der Waals surface area contributed by atoms with Crippen LogP contribution >= 0.6 is 0 Å². The maximum absolute atomic E-state index is 12.9. The molecular weight excluding hydrogens is 374 g/mol. The molecule has 5 nitrogen and oxygen atoms in total. The Hall–Kier alpha value is -2.24. The summed E-state index contributed by atoms with van der Waals surface area (Å²) in [5, 5.41) is 0. The molecule has 1 amide bonds. The molecule has 1 aromatic heterocycles. The number of hydrogen-bond acceptors (Lipinski definition) is 4. The predicted octanol–water partition coefficient (Wildman–Crippen LogP) is 3.35. The molecule has 0 N–H and O–H groups in total. The van der Waals surface area contributed by atoms with Gasteiger partial charge in [0.15, 0.2) is 0 Å².